The van der Waals surface area contributed by atoms with Crippen LogP contribution in [0.15, 0.2) is 24.4 Å². The van der Waals surface area contributed by atoms with Gasteiger partial charge in [0.05, 0.1) is 0 Å². The van der Waals surface area contributed by atoms with E-state index in [9.17, 15) is 4.79 Å². The number of amides is 1. The fourth-order valence-corrected chi connectivity index (χ4v) is 1.95. The number of rotatable bonds is 1. The minimum atomic E-state index is 0.0387. The molecule has 4 nitrogen and oxygen atoms in total. The van der Waals surface area contributed by atoms with Crippen molar-refractivity contribution in [1.82, 2.24) is 15.2 Å². The van der Waals surface area contributed by atoms with Gasteiger partial charge in [0, 0.05) is 25.3 Å². The van der Waals surface area contributed by atoms with Gasteiger partial charge in [-0.15, -0.1) is 0 Å². The molecular weight excluding hydrogens is 202 g/mol. The average molecular weight is 219 g/mol. The van der Waals surface area contributed by atoms with Gasteiger partial charge in [-0.3, -0.25) is 9.78 Å². The van der Waals surface area contributed by atoms with Gasteiger partial charge in [0.2, 0.25) is 0 Å². The van der Waals surface area contributed by atoms with Crippen molar-refractivity contribution in [3.05, 3.63) is 30.1 Å². The van der Waals surface area contributed by atoms with Crippen molar-refractivity contribution in [2.75, 3.05) is 19.6 Å². The highest BCUT2D eigenvalue weighted by Crippen LogP contribution is 2.08. The summed E-state index contributed by atoms with van der Waals surface area (Å²) < 4.78 is 0. The molecule has 86 valence electrons. The van der Waals surface area contributed by atoms with Crippen LogP contribution in [0.4, 0.5) is 0 Å². The lowest BCUT2D eigenvalue weighted by Crippen LogP contribution is -2.41. The first-order valence-electron chi connectivity index (χ1n) is 5.72. The van der Waals surface area contributed by atoms with Gasteiger partial charge < -0.3 is 10.2 Å². The Labute approximate surface area is 95.7 Å². The second-order valence-electron chi connectivity index (χ2n) is 4.12. The maximum absolute atomic E-state index is 12.2. The summed E-state index contributed by atoms with van der Waals surface area (Å²) in [5, 5.41) is 3.32. The Morgan fingerprint density at radius 1 is 1.56 bits per heavy atom. The first-order valence-corrected chi connectivity index (χ1v) is 5.72. The zero-order valence-corrected chi connectivity index (χ0v) is 9.52. The lowest BCUT2D eigenvalue weighted by molar-refractivity contribution is 0.0701. The Morgan fingerprint density at radius 2 is 2.44 bits per heavy atom. The molecular formula is C12H17N3O. The molecule has 0 bridgehead atoms. The van der Waals surface area contributed by atoms with Gasteiger partial charge >= 0.3 is 0 Å². The minimum absolute atomic E-state index is 0.0387. The highest BCUT2D eigenvalue weighted by molar-refractivity contribution is 5.92. The average Bonchev–Trinajstić information content (AvgIpc) is 2.54. The lowest BCUT2D eigenvalue weighted by Gasteiger charge is -2.26. The number of aromatic nitrogens is 1. The Morgan fingerprint density at radius 3 is 3.19 bits per heavy atom. The maximum atomic E-state index is 12.2. The van der Waals surface area contributed by atoms with E-state index in [0.29, 0.717) is 5.69 Å². The smallest absolute Gasteiger partial charge is 0.272 e. The molecule has 1 N–H and O–H groups in total. The third kappa shape index (κ3) is 2.39. The molecule has 0 saturated carbocycles. The molecule has 1 atom stereocenters. The summed E-state index contributed by atoms with van der Waals surface area (Å²) in [4.78, 5) is 18.2. The SMILES string of the molecule is CC1CNCCCN1C(=O)c1ccccn1. The van der Waals surface area contributed by atoms with Crippen molar-refractivity contribution in [2.24, 2.45) is 0 Å². The molecule has 0 aliphatic carbocycles. The zero-order chi connectivity index (χ0) is 11.4. The summed E-state index contributed by atoms with van der Waals surface area (Å²) >= 11 is 0. The summed E-state index contributed by atoms with van der Waals surface area (Å²) in [5.74, 6) is 0.0387. The van der Waals surface area contributed by atoms with Gasteiger partial charge in [-0.25, -0.2) is 0 Å². The van der Waals surface area contributed by atoms with E-state index in [1.54, 1.807) is 12.3 Å². The molecule has 1 fully saturated rings. The third-order valence-corrected chi connectivity index (χ3v) is 2.87. The van der Waals surface area contributed by atoms with E-state index in [1.165, 1.54) is 0 Å². The second-order valence-corrected chi connectivity index (χ2v) is 4.12. The van der Waals surface area contributed by atoms with E-state index in [-0.39, 0.29) is 11.9 Å². The second kappa shape index (κ2) is 5.07. The van der Waals surface area contributed by atoms with Crippen LogP contribution < -0.4 is 5.32 Å². The van der Waals surface area contributed by atoms with Crippen LogP contribution in [0.25, 0.3) is 0 Å². The van der Waals surface area contributed by atoms with E-state index in [0.717, 1.165) is 26.1 Å². The Hall–Kier alpha value is -1.42. The highest BCUT2D eigenvalue weighted by atomic mass is 16.2. The van der Waals surface area contributed by atoms with Crippen molar-refractivity contribution >= 4 is 5.91 Å². The van der Waals surface area contributed by atoms with Gasteiger partial charge in [0.1, 0.15) is 5.69 Å². The molecule has 1 aliphatic rings. The van der Waals surface area contributed by atoms with Crippen LogP contribution in [0.5, 0.6) is 0 Å². The molecule has 0 radical (unpaired) electrons. The van der Waals surface area contributed by atoms with E-state index in [4.69, 9.17) is 0 Å². The Balaban J connectivity index is 2.14. The van der Waals surface area contributed by atoms with Gasteiger partial charge in [0.25, 0.3) is 5.91 Å². The van der Waals surface area contributed by atoms with Crippen LogP contribution in [0.2, 0.25) is 0 Å². The van der Waals surface area contributed by atoms with Crippen LogP contribution in [0.3, 0.4) is 0 Å². The number of hydrogen-bond acceptors (Lipinski definition) is 3. The van der Waals surface area contributed by atoms with E-state index in [2.05, 4.69) is 17.2 Å². The topological polar surface area (TPSA) is 45.2 Å². The summed E-state index contributed by atoms with van der Waals surface area (Å²) in [6, 6.07) is 5.68. The van der Waals surface area contributed by atoms with Crippen molar-refractivity contribution in [2.45, 2.75) is 19.4 Å². The van der Waals surface area contributed by atoms with Crippen molar-refractivity contribution < 1.29 is 4.79 Å². The van der Waals surface area contributed by atoms with Gasteiger partial charge in [-0.1, -0.05) is 6.07 Å². The quantitative estimate of drug-likeness (QED) is 0.763. The minimum Gasteiger partial charge on any atom is -0.333 e. The number of pyridine rings is 1. The van der Waals surface area contributed by atoms with Crippen LogP contribution in [-0.4, -0.2) is 41.5 Å². The summed E-state index contributed by atoms with van der Waals surface area (Å²) in [6.45, 7) is 4.72. The standard InChI is InChI=1S/C12H17N3O/c1-10-9-13-6-4-8-15(10)12(16)11-5-2-3-7-14-11/h2-3,5,7,10,13H,4,6,8-9H2,1H3. The molecule has 1 aromatic heterocycles. The predicted octanol–water partition coefficient (Wildman–Crippen LogP) is 0.906. The van der Waals surface area contributed by atoms with E-state index in [1.807, 2.05) is 17.0 Å². The Kier molecular flexibility index (Phi) is 3.51. The van der Waals surface area contributed by atoms with Crippen LogP contribution in [0, 0.1) is 0 Å². The van der Waals surface area contributed by atoms with E-state index < -0.39 is 0 Å². The molecule has 4 heteroatoms. The summed E-state index contributed by atoms with van der Waals surface area (Å²) in [5.41, 5.74) is 0.538. The zero-order valence-electron chi connectivity index (χ0n) is 9.52. The Bertz CT molecular complexity index is 353. The fraction of sp³-hybridized carbons (Fsp3) is 0.500. The van der Waals surface area contributed by atoms with Crippen molar-refractivity contribution in [1.29, 1.82) is 0 Å². The molecule has 16 heavy (non-hydrogen) atoms. The number of nitrogens with one attached hydrogen (secondary N) is 1. The summed E-state index contributed by atoms with van der Waals surface area (Å²) in [7, 11) is 0. The van der Waals surface area contributed by atoms with E-state index >= 15 is 0 Å². The van der Waals surface area contributed by atoms with Crippen molar-refractivity contribution in [3.8, 4) is 0 Å². The largest absolute Gasteiger partial charge is 0.333 e. The first kappa shape index (κ1) is 11.1. The molecule has 1 amide bonds. The molecule has 0 aromatic carbocycles. The first-order chi connectivity index (χ1) is 7.79. The molecule has 1 aromatic rings. The van der Waals surface area contributed by atoms with Crippen LogP contribution in [-0.2, 0) is 0 Å². The third-order valence-electron chi connectivity index (χ3n) is 2.87. The maximum Gasteiger partial charge on any atom is 0.272 e. The lowest BCUT2D eigenvalue weighted by atomic mass is 10.2. The molecule has 2 heterocycles. The molecule has 2 rings (SSSR count). The number of carbonyl (C=O) groups excluding carboxylic acids is 1. The monoisotopic (exact) mass is 219 g/mol. The fourth-order valence-electron chi connectivity index (χ4n) is 1.95. The van der Waals surface area contributed by atoms with Gasteiger partial charge in [-0.05, 0) is 32.0 Å². The highest BCUT2D eigenvalue weighted by Gasteiger charge is 2.23. The van der Waals surface area contributed by atoms with Crippen molar-refractivity contribution in [3.63, 3.8) is 0 Å². The molecule has 1 aliphatic heterocycles. The predicted molar refractivity (Wildman–Crippen MR) is 62.2 cm³/mol. The molecule has 1 saturated heterocycles. The normalized spacial score (nSPS) is 21.6. The molecule has 1 unspecified atom stereocenters. The van der Waals surface area contributed by atoms with Crippen LogP contribution in [0.1, 0.15) is 23.8 Å². The number of nitrogens with zero attached hydrogens (tertiary/aromatic N) is 2. The van der Waals surface area contributed by atoms with Gasteiger partial charge in [0.15, 0.2) is 0 Å². The van der Waals surface area contributed by atoms with Gasteiger partial charge in [-0.2, -0.15) is 0 Å². The van der Waals surface area contributed by atoms with Crippen LogP contribution >= 0.6 is 0 Å². The number of hydrogen-bond donors (Lipinski definition) is 1. The molecule has 0 spiro atoms. The summed E-state index contributed by atoms with van der Waals surface area (Å²) in [6.07, 6.45) is 2.66. The number of carbonyl (C=O) groups is 1.